The third kappa shape index (κ3) is 4.54. The molecule has 0 spiro atoms. The van der Waals surface area contributed by atoms with E-state index < -0.39 is 15.7 Å². The summed E-state index contributed by atoms with van der Waals surface area (Å²) >= 11 is 0. The van der Waals surface area contributed by atoms with Crippen molar-refractivity contribution in [3.8, 4) is 17.1 Å². The maximum atomic E-state index is 13.0. The van der Waals surface area contributed by atoms with Crippen LogP contribution in [0.1, 0.15) is 23.2 Å². The number of ether oxygens (including phenoxy) is 1. The van der Waals surface area contributed by atoms with E-state index >= 15 is 0 Å². The number of nitrogens with zero attached hydrogens (tertiary/aromatic N) is 1. The lowest BCUT2D eigenvalue weighted by Crippen LogP contribution is -2.18. The third-order valence-corrected chi connectivity index (χ3v) is 6.77. The number of hydrogen-bond acceptors (Lipinski definition) is 6. The largest absolute Gasteiger partial charge is 0.495 e. The Hall–Kier alpha value is -3.13. The van der Waals surface area contributed by atoms with Crippen LogP contribution in [0, 0.1) is 20.8 Å². The molecule has 1 N–H and O–H groups in total. The number of rotatable bonds is 7. The van der Waals surface area contributed by atoms with Gasteiger partial charge in [-0.25, -0.2) is 8.42 Å². The van der Waals surface area contributed by atoms with E-state index in [1.165, 1.54) is 7.11 Å². The summed E-state index contributed by atoms with van der Waals surface area (Å²) in [4.78, 5) is 12.5. The molecule has 8 heteroatoms. The van der Waals surface area contributed by atoms with Gasteiger partial charge in [0.1, 0.15) is 5.75 Å². The van der Waals surface area contributed by atoms with Crippen LogP contribution in [0.5, 0.6) is 5.75 Å². The second kappa shape index (κ2) is 8.71. The van der Waals surface area contributed by atoms with E-state index in [2.05, 4.69) is 10.5 Å². The summed E-state index contributed by atoms with van der Waals surface area (Å²) in [6.45, 7) is 5.43. The van der Waals surface area contributed by atoms with Gasteiger partial charge in [0.25, 0.3) is 0 Å². The summed E-state index contributed by atoms with van der Waals surface area (Å²) in [6.07, 6.45) is -0.176. The number of nitrogens with one attached hydrogen (secondary N) is 1. The smallest absolute Gasteiger partial charge is 0.225 e. The third-order valence-electron chi connectivity index (χ3n) is 4.92. The normalized spacial score (nSPS) is 11.3. The minimum absolute atomic E-state index is 0.176. The van der Waals surface area contributed by atoms with Gasteiger partial charge in [-0.3, -0.25) is 4.79 Å². The van der Waals surface area contributed by atoms with Gasteiger partial charge >= 0.3 is 0 Å². The van der Waals surface area contributed by atoms with Gasteiger partial charge in [0.05, 0.1) is 29.1 Å². The molecule has 0 aliphatic carbocycles. The summed E-state index contributed by atoms with van der Waals surface area (Å²) in [7, 11) is -2.18. The number of benzene rings is 2. The Morgan fingerprint density at radius 3 is 2.53 bits per heavy atom. The van der Waals surface area contributed by atoms with Crippen molar-refractivity contribution in [2.24, 2.45) is 0 Å². The lowest BCUT2D eigenvalue weighted by molar-refractivity contribution is -0.115. The molecule has 0 saturated heterocycles. The SMILES string of the molecule is COc1ccccc1NC(=O)CCS(=O)(=O)c1cc(-c2onc(C)c2C)ccc1C. The number of methoxy groups -OCH3 is 1. The van der Waals surface area contributed by atoms with Crippen molar-refractivity contribution in [2.45, 2.75) is 32.1 Å². The van der Waals surface area contributed by atoms with Gasteiger partial charge < -0.3 is 14.6 Å². The van der Waals surface area contributed by atoms with Crippen molar-refractivity contribution in [3.05, 3.63) is 59.3 Å². The lowest BCUT2D eigenvalue weighted by atomic mass is 10.1. The van der Waals surface area contributed by atoms with Crippen LogP contribution < -0.4 is 10.1 Å². The highest BCUT2D eigenvalue weighted by Gasteiger charge is 2.21. The number of aromatic nitrogens is 1. The Morgan fingerprint density at radius 2 is 1.87 bits per heavy atom. The molecule has 3 rings (SSSR count). The van der Waals surface area contributed by atoms with E-state index in [4.69, 9.17) is 9.26 Å². The van der Waals surface area contributed by atoms with Crippen molar-refractivity contribution in [2.75, 3.05) is 18.2 Å². The minimum atomic E-state index is -3.68. The summed E-state index contributed by atoms with van der Waals surface area (Å²) in [6, 6.07) is 12.1. The molecule has 2 aromatic carbocycles. The van der Waals surface area contributed by atoms with Gasteiger partial charge in [-0.05, 0) is 44.5 Å². The van der Waals surface area contributed by atoms with Crippen molar-refractivity contribution in [1.29, 1.82) is 0 Å². The van der Waals surface area contributed by atoms with Crippen molar-refractivity contribution in [3.63, 3.8) is 0 Å². The molecule has 1 aromatic heterocycles. The zero-order valence-corrected chi connectivity index (χ0v) is 18.2. The first-order valence-electron chi connectivity index (χ1n) is 9.42. The summed E-state index contributed by atoms with van der Waals surface area (Å²) in [5.41, 5.74) is 3.35. The van der Waals surface area contributed by atoms with Gasteiger partial charge in [-0.1, -0.05) is 29.4 Å². The average Bonchev–Trinajstić information content (AvgIpc) is 3.06. The van der Waals surface area contributed by atoms with Gasteiger partial charge in [-0.2, -0.15) is 0 Å². The summed E-state index contributed by atoms with van der Waals surface area (Å²) in [5.74, 6) is 0.332. The maximum Gasteiger partial charge on any atom is 0.225 e. The van der Waals surface area contributed by atoms with Crippen LogP contribution in [-0.4, -0.2) is 32.3 Å². The highest BCUT2D eigenvalue weighted by molar-refractivity contribution is 7.91. The summed E-state index contributed by atoms with van der Waals surface area (Å²) in [5, 5.41) is 6.63. The molecule has 7 nitrogen and oxygen atoms in total. The second-order valence-electron chi connectivity index (χ2n) is 7.02. The minimum Gasteiger partial charge on any atom is -0.495 e. The van der Waals surface area contributed by atoms with Crippen molar-refractivity contribution >= 4 is 21.4 Å². The number of hydrogen-bond donors (Lipinski definition) is 1. The first-order chi connectivity index (χ1) is 14.2. The predicted molar refractivity (Wildman–Crippen MR) is 114 cm³/mol. The maximum absolute atomic E-state index is 13.0. The highest BCUT2D eigenvalue weighted by atomic mass is 32.2. The number of aryl methyl sites for hydroxylation is 2. The molecule has 0 saturated carbocycles. The van der Waals surface area contributed by atoms with Crippen LogP contribution in [0.2, 0.25) is 0 Å². The Morgan fingerprint density at radius 1 is 1.13 bits per heavy atom. The first-order valence-corrected chi connectivity index (χ1v) is 11.1. The number of carbonyl (C=O) groups excluding carboxylic acids is 1. The fourth-order valence-corrected chi connectivity index (χ4v) is 4.60. The quantitative estimate of drug-likeness (QED) is 0.609. The molecule has 0 atom stereocenters. The molecular weight excluding hydrogens is 404 g/mol. The number of carbonyl (C=O) groups is 1. The van der Waals surface area contributed by atoms with Crippen LogP contribution >= 0.6 is 0 Å². The standard InChI is InChI=1S/C22H24N2O5S/c1-14-9-10-17(22-15(2)16(3)24-29-22)13-20(14)30(26,27)12-11-21(25)23-18-7-5-6-8-19(18)28-4/h5-10,13H,11-12H2,1-4H3,(H,23,25). The van der Waals surface area contributed by atoms with Gasteiger partial charge in [0, 0.05) is 17.5 Å². The molecule has 0 unspecified atom stereocenters. The fourth-order valence-electron chi connectivity index (χ4n) is 3.06. The highest BCUT2D eigenvalue weighted by Crippen LogP contribution is 2.29. The number of anilines is 1. The fraction of sp³-hybridized carbons (Fsp3) is 0.273. The zero-order chi connectivity index (χ0) is 21.9. The number of amides is 1. The molecule has 1 heterocycles. The topological polar surface area (TPSA) is 98.5 Å². The summed E-state index contributed by atoms with van der Waals surface area (Å²) < 4.78 is 36.5. The Kier molecular flexibility index (Phi) is 6.26. The molecule has 0 aliphatic heterocycles. The van der Waals surface area contributed by atoms with Crippen LogP contribution in [0.4, 0.5) is 5.69 Å². The Balaban J connectivity index is 1.78. The molecule has 158 valence electrons. The van der Waals surface area contributed by atoms with E-state index in [-0.39, 0.29) is 17.1 Å². The predicted octanol–water partition coefficient (Wildman–Crippen LogP) is 4.08. The first kappa shape index (κ1) is 21.6. The molecule has 0 fully saturated rings. The Labute approximate surface area is 176 Å². The lowest BCUT2D eigenvalue weighted by Gasteiger charge is -2.11. The van der Waals surface area contributed by atoms with E-state index in [1.54, 1.807) is 49.4 Å². The number of sulfone groups is 1. The molecular formula is C22H24N2O5S. The van der Waals surface area contributed by atoms with E-state index in [1.807, 2.05) is 13.8 Å². The van der Waals surface area contributed by atoms with Gasteiger partial charge in [0.15, 0.2) is 15.6 Å². The molecule has 0 bridgehead atoms. The molecule has 0 aliphatic rings. The Bertz CT molecular complexity index is 1180. The molecule has 30 heavy (non-hydrogen) atoms. The van der Waals surface area contributed by atoms with Crippen LogP contribution in [-0.2, 0) is 14.6 Å². The number of para-hydroxylation sites is 2. The van der Waals surface area contributed by atoms with Gasteiger partial charge in [-0.15, -0.1) is 0 Å². The van der Waals surface area contributed by atoms with E-state index in [0.717, 1.165) is 11.3 Å². The van der Waals surface area contributed by atoms with E-state index in [9.17, 15) is 13.2 Å². The van der Waals surface area contributed by atoms with Crippen molar-refractivity contribution in [1.82, 2.24) is 5.16 Å². The van der Waals surface area contributed by atoms with Crippen LogP contribution in [0.25, 0.3) is 11.3 Å². The second-order valence-corrected chi connectivity index (χ2v) is 9.10. The molecule has 1 amide bonds. The van der Waals surface area contributed by atoms with E-state index in [0.29, 0.717) is 28.3 Å². The molecule has 3 aromatic rings. The van der Waals surface area contributed by atoms with Crippen LogP contribution in [0.15, 0.2) is 51.9 Å². The average molecular weight is 429 g/mol. The zero-order valence-electron chi connectivity index (χ0n) is 17.4. The van der Waals surface area contributed by atoms with Crippen molar-refractivity contribution < 1.29 is 22.5 Å². The molecule has 0 radical (unpaired) electrons. The van der Waals surface area contributed by atoms with Crippen LogP contribution in [0.3, 0.4) is 0 Å². The monoisotopic (exact) mass is 428 g/mol. The van der Waals surface area contributed by atoms with Gasteiger partial charge in [0.2, 0.25) is 5.91 Å².